The van der Waals surface area contributed by atoms with Crippen LogP contribution in [0, 0.1) is 5.92 Å². The molecule has 1 heterocycles. The number of aliphatic hydroxyl groups excluding tert-OH is 1. The molecule has 0 radical (unpaired) electrons. The number of hydrogen-bond donors (Lipinski definition) is 2. The summed E-state index contributed by atoms with van der Waals surface area (Å²) < 4.78 is 1.70. The smallest absolute Gasteiger partial charge is 0.309 e. The fourth-order valence-corrected chi connectivity index (χ4v) is 1.31. The summed E-state index contributed by atoms with van der Waals surface area (Å²) >= 11 is 0. The molecule has 5 nitrogen and oxygen atoms in total. The van der Waals surface area contributed by atoms with Gasteiger partial charge in [-0.25, -0.2) is 0 Å². The van der Waals surface area contributed by atoms with E-state index >= 15 is 0 Å². The number of carboxylic acids is 1. The van der Waals surface area contributed by atoms with Crippen LogP contribution in [-0.4, -0.2) is 26.0 Å². The normalized spacial score (nSPS) is 14.9. The molecule has 1 aromatic rings. The summed E-state index contributed by atoms with van der Waals surface area (Å²) in [6.45, 7) is 4.27. The number of aryl methyl sites for hydroxylation is 1. The topological polar surface area (TPSA) is 75.4 Å². The zero-order valence-electron chi connectivity index (χ0n) is 8.92. The number of aromatic nitrogens is 2. The molecule has 1 aromatic heterocycles. The number of aliphatic carboxylic acids is 1. The molecule has 0 aromatic carbocycles. The molecule has 0 saturated carbocycles. The molecule has 1 rings (SSSR count). The maximum absolute atomic E-state index is 10.7. The van der Waals surface area contributed by atoms with Gasteiger partial charge in [-0.3, -0.25) is 9.48 Å². The number of carbonyl (C=O) groups is 1. The molecular formula is C10H16N2O3. The minimum absolute atomic E-state index is 0.554. The van der Waals surface area contributed by atoms with Crippen LogP contribution in [0.4, 0.5) is 0 Å². The Morgan fingerprint density at radius 3 is 2.87 bits per heavy atom. The van der Waals surface area contributed by atoms with Gasteiger partial charge in [0.05, 0.1) is 18.2 Å². The highest BCUT2D eigenvalue weighted by Crippen LogP contribution is 2.21. The lowest BCUT2D eigenvalue weighted by Crippen LogP contribution is -2.18. The van der Waals surface area contributed by atoms with Crippen molar-refractivity contribution in [2.45, 2.75) is 32.9 Å². The van der Waals surface area contributed by atoms with E-state index in [-0.39, 0.29) is 0 Å². The molecule has 0 aliphatic rings. The maximum Gasteiger partial charge on any atom is 0.309 e. The zero-order valence-corrected chi connectivity index (χ0v) is 8.92. The number of hydrogen-bond acceptors (Lipinski definition) is 3. The molecule has 0 bridgehead atoms. The molecule has 0 aliphatic carbocycles. The van der Waals surface area contributed by atoms with Gasteiger partial charge < -0.3 is 10.2 Å². The summed E-state index contributed by atoms with van der Waals surface area (Å²) in [5, 5.41) is 22.5. The first-order valence-electron chi connectivity index (χ1n) is 4.99. The van der Waals surface area contributed by atoms with E-state index in [9.17, 15) is 9.90 Å². The van der Waals surface area contributed by atoms with Crippen molar-refractivity contribution in [3.8, 4) is 0 Å². The molecule has 0 saturated heterocycles. The van der Waals surface area contributed by atoms with Gasteiger partial charge in [0.1, 0.15) is 0 Å². The lowest BCUT2D eigenvalue weighted by atomic mass is 10.0. The van der Waals surface area contributed by atoms with Crippen LogP contribution in [0.1, 0.15) is 31.9 Å². The molecule has 15 heavy (non-hydrogen) atoms. The Bertz CT molecular complexity index is 335. The Morgan fingerprint density at radius 2 is 2.33 bits per heavy atom. The second-order valence-electron chi connectivity index (χ2n) is 3.61. The molecule has 0 fully saturated rings. The summed E-state index contributed by atoms with van der Waals surface area (Å²) in [5.41, 5.74) is 0.554. The van der Waals surface area contributed by atoms with Crippen LogP contribution < -0.4 is 0 Å². The van der Waals surface area contributed by atoms with Gasteiger partial charge in [0, 0.05) is 18.3 Å². The van der Waals surface area contributed by atoms with E-state index in [1.807, 2.05) is 6.92 Å². The third kappa shape index (κ3) is 2.79. The maximum atomic E-state index is 10.7. The molecule has 0 aliphatic heterocycles. The molecule has 0 amide bonds. The third-order valence-corrected chi connectivity index (χ3v) is 2.31. The molecule has 5 heteroatoms. The van der Waals surface area contributed by atoms with E-state index in [4.69, 9.17) is 5.11 Å². The second-order valence-corrected chi connectivity index (χ2v) is 3.61. The fraction of sp³-hybridized carbons (Fsp3) is 0.600. The number of nitrogens with zero attached hydrogens (tertiary/aromatic N) is 2. The molecule has 2 atom stereocenters. The molecule has 84 valence electrons. The minimum atomic E-state index is -1.01. The van der Waals surface area contributed by atoms with Gasteiger partial charge in [-0.15, -0.1) is 0 Å². The van der Waals surface area contributed by atoms with Crippen LogP contribution in [0.2, 0.25) is 0 Å². The van der Waals surface area contributed by atoms with Gasteiger partial charge in [-0.05, 0) is 13.3 Å². The first-order valence-corrected chi connectivity index (χ1v) is 4.99. The Balaban J connectivity index is 2.73. The van der Waals surface area contributed by atoms with E-state index in [0.29, 0.717) is 5.56 Å². The van der Waals surface area contributed by atoms with Crippen molar-refractivity contribution in [2.24, 2.45) is 5.92 Å². The highest BCUT2D eigenvalue weighted by molar-refractivity contribution is 5.70. The van der Waals surface area contributed by atoms with Crippen molar-refractivity contribution in [2.75, 3.05) is 0 Å². The third-order valence-electron chi connectivity index (χ3n) is 2.31. The van der Waals surface area contributed by atoms with Crippen molar-refractivity contribution >= 4 is 5.97 Å². The average Bonchev–Trinajstić information content (AvgIpc) is 2.64. The summed E-state index contributed by atoms with van der Waals surface area (Å²) in [5.74, 6) is -1.82. The largest absolute Gasteiger partial charge is 0.481 e. The Morgan fingerprint density at radius 1 is 1.67 bits per heavy atom. The molecule has 2 unspecified atom stereocenters. The average molecular weight is 212 g/mol. The van der Waals surface area contributed by atoms with E-state index in [1.165, 1.54) is 13.1 Å². The first-order chi connectivity index (χ1) is 7.06. The Labute approximate surface area is 88.3 Å². The monoisotopic (exact) mass is 212 g/mol. The summed E-state index contributed by atoms with van der Waals surface area (Å²) in [6.07, 6.45) is 3.16. The SMILES string of the molecule is CCCn1cc(C(O)C(C)C(=O)O)cn1. The quantitative estimate of drug-likeness (QED) is 0.764. The Hall–Kier alpha value is -1.36. The van der Waals surface area contributed by atoms with E-state index in [0.717, 1.165) is 13.0 Å². The standard InChI is InChI=1S/C10H16N2O3/c1-3-4-12-6-8(5-11-12)9(13)7(2)10(14)15/h5-7,9,13H,3-4H2,1-2H3,(H,14,15). The van der Waals surface area contributed by atoms with Crippen LogP contribution in [0.3, 0.4) is 0 Å². The number of aliphatic hydroxyl groups is 1. The van der Waals surface area contributed by atoms with Gasteiger partial charge in [-0.2, -0.15) is 5.10 Å². The van der Waals surface area contributed by atoms with Crippen LogP contribution >= 0.6 is 0 Å². The van der Waals surface area contributed by atoms with E-state index < -0.39 is 18.0 Å². The summed E-state index contributed by atoms with van der Waals surface area (Å²) in [6, 6.07) is 0. The van der Waals surface area contributed by atoms with Crippen molar-refractivity contribution in [3.05, 3.63) is 18.0 Å². The van der Waals surface area contributed by atoms with Crippen LogP contribution in [0.25, 0.3) is 0 Å². The Kier molecular flexibility index (Phi) is 3.85. The minimum Gasteiger partial charge on any atom is -0.481 e. The first kappa shape index (κ1) is 11.7. The van der Waals surface area contributed by atoms with Crippen LogP contribution in [0.5, 0.6) is 0 Å². The van der Waals surface area contributed by atoms with Crippen molar-refractivity contribution in [1.82, 2.24) is 9.78 Å². The van der Waals surface area contributed by atoms with Crippen LogP contribution in [-0.2, 0) is 11.3 Å². The highest BCUT2D eigenvalue weighted by Gasteiger charge is 2.23. The molecule has 2 N–H and O–H groups in total. The van der Waals surface area contributed by atoms with Crippen LogP contribution in [0.15, 0.2) is 12.4 Å². The van der Waals surface area contributed by atoms with Gasteiger partial charge >= 0.3 is 5.97 Å². The van der Waals surface area contributed by atoms with E-state index in [1.54, 1.807) is 10.9 Å². The predicted octanol–water partition coefficient (Wildman–Crippen LogP) is 1.05. The van der Waals surface area contributed by atoms with Crippen molar-refractivity contribution in [1.29, 1.82) is 0 Å². The van der Waals surface area contributed by atoms with Crippen molar-refractivity contribution < 1.29 is 15.0 Å². The predicted molar refractivity (Wildman–Crippen MR) is 54.3 cm³/mol. The summed E-state index contributed by atoms with van der Waals surface area (Å²) in [7, 11) is 0. The number of carboxylic acid groups (broad SMARTS) is 1. The fourth-order valence-electron chi connectivity index (χ4n) is 1.31. The van der Waals surface area contributed by atoms with Gasteiger partial charge in [0.2, 0.25) is 0 Å². The second kappa shape index (κ2) is 4.93. The molecule has 0 spiro atoms. The van der Waals surface area contributed by atoms with Gasteiger partial charge in [0.15, 0.2) is 0 Å². The molecular weight excluding hydrogens is 196 g/mol. The lowest BCUT2D eigenvalue weighted by molar-refractivity contribution is -0.145. The lowest BCUT2D eigenvalue weighted by Gasteiger charge is -2.12. The number of rotatable bonds is 5. The van der Waals surface area contributed by atoms with Gasteiger partial charge in [-0.1, -0.05) is 6.92 Å². The zero-order chi connectivity index (χ0) is 11.4. The van der Waals surface area contributed by atoms with Gasteiger partial charge in [0.25, 0.3) is 0 Å². The van der Waals surface area contributed by atoms with Crippen molar-refractivity contribution in [3.63, 3.8) is 0 Å². The summed E-state index contributed by atoms with van der Waals surface area (Å²) in [4.78, 5) is 10.7. The highest BCUT2D eigenvalue weighted by atomic mass is 16.4. The van der Waals surface area contributed by atoms with E-state index in [2.05, 4.69) is 5.10 Å².